The summed E-state index contributed by atoms with van der Waals surface area (Å²) >= 11 is 0. The van der Waals surface area contributed by atoms with Gasteiger partial charge in [-0.3, -0.25) is 9.69 Å². The zero-order chi connectivity index (χ0) is 12.6. The molecule has 2 aliphatic rings. The van der Waals surface area contributed by atoms with Gasteiger partial charge in [-0.25, -0.2) is 4.79 Å². The minimum absolute atomic E-state index is 0.128. The Kier molecular flexibility index (Phi) is 2.79. The van der Waals surface area contributed by atoms with Gasteiger partial charge in [-0.05, 0) is 25.8 Å². The Balaban J connectivity index is 2.35. The third-order valence-corrected chi connectivity index (χ3v) is 2.99. The van der Waals surface area contributed by atoms with Gasteiger partial charge in [0.2, 0.25) is 0 Å². The van der Waals surface area contributed by atoms with Gasteiger partial charge < -0.3 is 16.0 Å². The van der Waals surface area contributed by atoms with E-state index in [-0.39, 0.29) is 17.6 Å². The lowest BCUT2D eigenvalue weighted by molar-refractivity contribution is -0.129. The Morgan fingerprint density at radius 1 is 1.59 bits per heavy atom. The smallest absolute Gasteiger partial charge is 0.316 e. The molecule has 0 radical (unpaired) electrons. The zero-order valence-electron chi connectivity index (χ0n) is 9.93. The van der Waals surface area contributed by atoms with E-state index >= 15 is 0 Å². The lowest BCUT2D eigenvalue weighted by Gasteiger charge is -2.41. The fourth-order valence-electron chi connectivity index (χ4n) is 2.19. The molecule has 0 saturated heterocycles. The first kappa shape index (κ1) is 11.5. The van der Waals surface area contributed by atoms with Crippen molar-refractivity contribution < 1.29 is 9.59 Å². The van der Waals surface area contributed by atoms with Gasteiger partial charge in [-0.1, -0.05) is 0 Å². The number of nitrogens with one attached hydrogen (secondary N) is 1. The summed E-state index contributed by atoms with van der Waals surface area (Å²) in [5, 5.41) is 2.36. The largest absolute Gasteiger partial charge is 0.351 e. The third kappa shape index (κ3) is 1.98. The van der Waals surface area contributed by atoms with E-state index < -0.39 is 6.03 Å². The number of rotatable bonds is 1. The van der Waals surface area contributed by atoms with Gasteiger partial charge in [0.05, 0.1) is 0 Å². The van der Waals surface area contributed by atoms with Crippen molar-refractivity contribution in [1.29, 1.82) is 0 Å². The van der Waals surface area contributed by atoms with Gasteiger partial charge in [0.15, 0.2) is 0 Å². The van der Waals surface area contributed by atoms with Crippen LogP contribution in [0, 0.1) is 0 Å². The molecular weight excluding hydrogens is 220 g/mol. The second kappa shape index (κ2) is 4.12. The molecule has 6 nitrogen and oxygen atoms in total. The van der Waals surface area contributed by atoms with Crippen molar-refractivity contribution in [1.82, 2.24) is 15.1 Å². The number of urea groups is 1. The second-order valence-corrected chi connectivity index (χ2v) is 4.31. The second-order valence-electron chi connectivity index (χ2n) is 4.31. The first-order valence-electron chi connectivity index (χ1n) is 5.55. The minimum Gasteiger partial charge on any atom is -0.351 e. The molecule has 0 fully saturated rings. The van der Waals surface area contributed by atoms with Crippen LogP contribution in [0.15, 0.2) is 23.8 Å². The monoisotopic (exact) mass is 236 g/mol. The first-order valence-corrected chi connectivity index (χ1v) is 5.55. The van der Waals surface area contributed by atoms with Crippen molar-refractivity contribution >= 4 is 11.9 Å². The number of nitrogens with zero attached hydrogens (tertiary/aromatic N) is 2. The fraction of sp³-hybridized carbons (Fsp3) is 0.455. The molecule has 17 heavy (non-hydrogen) atoms. The van der Waals surface area contributed by atoms with Crippen LogP contribution in [0.5, 0.6) is 0 Å². The van der Waals surface area contributed by atoms with E-state index in [9.17, 15) is 9.59 Å². The Morgan fingerprint density at radius 2 is 2.29 bits per heavy atom. The summed E-state index contributed by atoms with van der Waals surface area (Å²) in [7, 11) is 1.84. The van der Waals surface area contributed by atoms with Gasteiger partial charge in [-0.15, -0.1) is 0 Å². The van der Waals surface area contributed by atoms with Gasteiger partial charge in [-0.2, -0.15) is 0 Å². The van der Waals surface area contributed by atoms with Crippen molar-refractivity contribution in [3.63, 3.8) is 0 Å². The molecule has 2 rings (SSSR count). The van der Waals surface area contributed by atoms with Crippen LogP contribution in [0.2, 0.25) is 0 Å². The highest BCUT2D eigenvalue weighted by Gasteiger charge is 2.34. The highest BCUT2D eigenvalue weighted by Crippen LogP contribution is 2.28. The Morgan fingerprint density at radius 3 is 2.94 bits per heavy atom. The zero-order valence-corrected chi connectivity index (χ0v) is 9.93. The van der Waals surface area contributed by atoms with Crippen LogP contribution in [0.4, 0.5) is 4.79 Å². The summed E-state index contributed by atoms with van der Waals surface area (Å²) in [6, 6.07) is -0.599. The number of carbonyl (C=O) groups excluding carboxylic acids is 2. The topological polar surface area (TPSA) is 78.7 Å². The van der Waals surface area contributed by atoms with E-state index in [4.69, 9.17) is 5.73 Å². The lowest BCUT2D eigenvalue weighted by atomic mass is 10.0. The maximum atomic E-state index is 12.2. The van der Waals surface area contributed by atoms with E-state index in [2.05, 4.69) is 5.32 Å². The summed E-state index contributed by atoms with van der Waals surface area (Å²) in [6.07, 6.45) is 5.49. The van der Waals surface area contributed by atoms with Crippen LogP contribution in [0.3, 0.4) is 0 Å². The maximum Gasteiger partial charge on any atom is 0.316 e. The third-order valence-electron chi connectivity index (χ3n) is 2.99. The molecule has 1 unspecified atom stereocenters. The van der Waals surface area contributed by atoms with Gasteiger partial charge in [0.1, 0.15) is 11.5 Å². The fourth-order valence-corrected chi connectivity index (χ4v) is 2.19. The van der Waals surface area contributed by atoms with Crippen LogP contribution in [0.25, 0.3) is 0 Å². The predicted octanol–water partition coefficient (Wildman–Crippen LogP) is 0.294. The molecule has 0 aromatic carbocycles. The van der Waals surface area contributed by atoms with E-state index in [1.807, 2.05) is 24.9 Å². The van der Waals surface area contributed by atoms with Crippen LogP contribution in [0.1, 0.15) is 19.8 Å². The van der Waals surface area contributed by atoms with Crippen LogP contribution in [-0.2, 0) is 4.79 Å². The number of carbonyl (C=O) groups is 2. The molecule has 6 heteroatoms. The van der Waals surface area contributed by atoms with Gasteiger partial charge >= 0.3 is 6.03 Å². The highest BCUT2D eigenvalue weighted by atomic mass is 16.2. The summed E-state index contributed by atoms with van der Waals surface area (Å²) in [5.74, 6) is 0.657. The van der Waals surface area contributed by atoms with Crippen molar-refractivity contribution in [3.8, 4) is 0 Å². The first-order chi connectivity index (χ1) is 8.00. The van der Waals surface area contributed by atoms with Crippen LogP contribution < -0.4 is 11.1 Å². The van der Waals surface area contributed by atoms with E-state index in [0.29, 0.717) is 0 Å². The molecule has 0 spiro atoms. The summed E-state index contributed by atoms with van der Waals surface area (Å²) in [4.78, 5) is 26.5. The van der Waals surface area contributed by atoms with Crippen molar-refractivity contribution in [2.75, 3.05) is 7.05 Å². The lowest BCUT2D eigenvalue weighted by Crippen LogP contribution is -2.51. The van der Waals surface area contributed by atoms with Crippen molar-refractivity contribution in [2.24, 2.45) is 5.73 Å². The molecule has 0 aromatic heterocycles. The van der Waals surface area contributed by atoms with E-state index in [0.717, 1.165) is 18.7 Å². The molecule has 1 atom stereocenters. The Hall–Kier alpha value is -1.98. The quantitative estimate of drug-likeness (QED) is 0.687. The summed E-state index contributed by atoms with van der Waals surface area (Å²) in [5.41, 5.74) is 5.25. The molecule has 92 valence electrons. The van der Waals surface area contributed by atoms with Crippen molar-refractivity contribution in [2.45, 2.75) is 25.8 Å². The Bertz CT molecular complexity index is 427. The number of hydrogen-bond donors (Lipinski definition) is 2. The summed E-state index contributed by atoms with van der Waals surface area (Å²) < 4.78 is 0. The van der Waals surface area contributed by atoms with Crippen LogP contribution >= 0.6 is 0 Å². The molecule has 0 saturated carbocycles. The average Bonchev–Trinajstić information content (AvgIpc) is 2.24. The highest BCUT2D eigenvalue weighted by molar-refractivity contribution is 5.98. The van der Waals surface area contributed by atoms with E-state index in [1.54, 1.807) is 11.1 Å². The summed E-state index contributed by atoms with van der Waals surface area (Å²) in [6.45, 7) is 1.99. The van der Waals surface area contributed by atoms with Crippen LogP contribution in [-0.4, -0.2) is 34.8 Å². The number of amides is 3. The van der Waals surface area contributed by atoms with Crippen molar-refractivity contribution in [3.05, 3.63) is 23.8 Å². The molecular formula is C11H16N4O2. The number of hydrogen-bond acceptors (Lipinski definition) is 3. The SMILES string of the molecule is CC1CCC=C2N(C)C=C(NC(N)=O)C(=O)N21. The number of nitrogens with two attached hydrogens (primary N) is 1. The number of fused-ring (bicyclic) bond motifs is 1. The number of allylic oxidation sites excluding steroid dienone is 1. The maximum absolute atomic E-state index is 12.2. The average molecular weight is 236 g/mol. The molecule has 0 aromatic rings. The normalized spacial score (nSPS) is 23.9. The molecule has 0 aliphatic carbocycles. The molecule has 2 heterocycles. The Labute approximate surface area is 99.7 Å². The van der Waals surface area contributed by atoms with E-state index in [1.165, 1.54) is 0 Å². The van der Waals surface area contributed by atoms with Gasteiger partial charge in [0, 0.05) is 19.3 Å². The molecule has 2 aliphatic heterocycles. The molecule has 3 amide bonds. The number of primary amides is 1. The standard InChI is InChI=1S/C11H16N4O2/c1-7-4-3-5-9-14(2)6-8(13-11(12)17)10(16)15(7)9/h5-7H,3-4H2,1-2H3,(H3,12,13,17). The molecule has 3 N–H and O–H groups in total. The van der Waals surface area contributed by atoms with Gasteiger partial charge in [0.25, 0.3) is 5.91 Å². The molecule has 0 bridgehead atoms. The minimum atomic E-state index is -0.727. The predicted molar refractivity (Wildman–Crippen MR) is 62.2 cm³/mol.